The molecule has 0 aliphatic rings. The Morgan fingerprint density at radius 1 is 0.865 bits per heavy atom. The maximum absolute atomic E-state index is 13.5. The molecule has 1 atom stereocenters. The molecule has 0 bridgehead atoms. The largest absolute Gasteiger partial charge is 0.508 e. The van der Waals surface area contributed by atoms with Crippen molar-refractivity contribution in [2.45, 2.75) is 38.7 Å². The number of esters is 1. The molecule has 4 rings (SSSR count). The molecule has 37 heavy (non-hydrogen) atoms. The van der Waals surface area contributed by atoms with Gasteiger partial charge in [0.1, 0.15) is 5.75 Å². The third-order valence-electron chi connectivity index (χ3n) is 6.65. The number of phenolic OH excluding ortho intramolecular Hbond substituents is 1. The van der Waals surface area contributed by atoms with Crippen LogP contribution < -0.4 is 0 Å². The van der Waals surface area contributed by atoms with Crippen LogP contribution in [-0.4, -0.2) is 11.1 Å². The average molecular weight is 511 g/mol. The van der Waals surface area contributed by atoms with Gasteiger partial charge in [0.15, 0.2) is 5.60 Å². The fraction of sp³-hybridized carbons (Fsp3) is 0.182. The Balaban J connectivity index is 1.81. The van der Waals surface area contributed by atoms with Crippen LogP contribution in [0, 0.1) is 0 Å². The summed E-state index contributed by atoms with van der Waals surface area (Å²) < 4.78 is 6.49. The van der Waals surface area contributed by atoms with Gasteiger partial charge in [0.2, 0.25) is 0 Å². The van der Waals surface area contributed by atoms with Crippen LogP contribution in [0.2, 0.25) is 5.02 Å². The molecule has 0 fully saturated rings. The molecule has 1 unspecified atom stereocenters. The van der Waals surface area contributed by atoms with Crippen LogP contribution in [-0.2, 0) is 21.6 Å². The first-order valence-electron chi connectivity index (χ1n) is 12.5. The minimum atomic E-state index is -1.23. The Bertz CT molecular complexity index is 1360. The van der Waals surface area contributed by atoms with Crippen molar-refractivity contribution in [2.75, 3.05) is 0 Å². The summed E-state index contributed by atoms with van der Waals surface area (Å²) in [5, 5.41) is 10.1. The van der Waals surface area contributed by atoms with Gasteiger partial charge in [-0.05, 0) is 54.7 Å². The summed E-state index contributed by atoms with van der Waals surface area (Å²) in [6, 6.07) is 32.3. The van der Waals surface area contributed by atoms with Gasteiger partial charge in [-0.3, -0.25) is 4.79 Å². The van der Waals surface area contributed by atoms with Crippen molar-refractivity contribution < 1.29 is 14.6 Å². The molecule has 0 heterocycles. The first-order valence-corrected chi connectivity index (χ1v) is 12.9. The highest BCUT2D eigenvalue weighted by atomic mass is 35.5. The zero-order chi connectivity index (χ0) is 26.3. The van der Waals surface area contributed by atoms with Gasteiger partial charge in [0.25, 0.3) is 0 Å². The molecule has 0 spiro atoms. The molecule has 3 nitrogen and oxygen atoms in total. The van der Waals surface area contributed by atoms with Crippen LogP contribution in [0.4, 0.5) is 0 Å². The van der Waals surface area contributed by atoms with Gasteiger partial charge in [-0.15, -0.1) is 0 Å². The number of aromatic hydroxyl groups is 1. The molecule has 0 saturated heterocycles. The zero-order valence-electron chi connectivity index (χ0n) is 21.2. The molecule has 4 aromatic carbocycles. The lowest BCUT2D eigenvalue weighted by Gasteiger charge is -2.36. The monoisotopic (exact) mass is 510 g/mol. The van der Waals surface area contributed by atoms with Gasteiger partial charge in [-0.25, -0.2) is 0 Å². The van der Waals surface area contributed by atoms with E-state index in [2.05, 4.69) is 25.1 Å². The predicted octanol–water partition coefficient (Wildman–Crippen LogP) is 8.33. The van der Waals surface area contributed by atoms with E-state index in [0.717, 1.165) is 28.7 Å². The van der Waals surface area contributed by atoms with E-state index < -0.39 is 5.60 Å². The van der Waals surface area contributed by atoms with Crippen molar-refractivity contribution in [3.8, 4) is 5.75 Å². The molecular weight excluding hydrogens is 480 g/mol. The minimum absolute atomic E-state index is 0.181. The van der Waals surface area contributed by atoms with Crippen LogP contribution in [0.5, 0.6) is 5.75 Å². The molecule has 0 radical (unpaired) electrons. The summed E-state index contributed by atoms with van der Waals surface area (Å²) in [7, 11) is 0. The summed E-state index contributed by atoms with van der Waals surface area (Å²) in [6.45, 7) is 4.18. The van der Waals surface area contributed by atoms with E-state index in [0.29, 0.717) is 17.0 Å². The highest BCUT2D eigenvalue weighted by Crippen LogP contribution is 2.44. The van der Waals surface area contributed by atoms with Gasteiger partial charge < -0.3 is 9.84 Å². The van der Waals surface area contributed by atoms with Crippen molar-refractivity contribution in [1.29, 1.82) is 0 Å². The summed E-state index contributed by atoms with van der Waals surface area (Å²) >= 11 is 6.78. The Kier molecular flexibility index (Phi) is 8.47. The molecular formula is C33H31ClO3. The number of benzene rings is 4. The summed E-state index contributed by atoms with van der Waals surface area (Å²) in [6.07, 6.45) is 3.72. The Morgan fingerprint density at radius 3 is 2.11 bits per heavy atom. The Labute approximate surface area is 224 Å². The fourth-order valence-corrected chi connectivity index (χ4v) is 4.96. The second kappa shape index (κ2) is 11.9. The second-order valence-corrected chi connectivity index (χ2v) is 9.32. The lowest BCUT2D eigenvalue weighted by molar-refractivity contribution is -0.153. The number of phenols is 1. The smallest absolute Gasteiger partial charge is 0.307 e. The van der Waals surface area contributed by atoms with E-state index in [1.54, 1.807) is 12.1 Å². The quantitative estimate of drug-likeness (QED) is 0.182. The first-order chi connectivity index (χ1) is 18.0. The molecule has 1 N–H and O–H groups in total. The van der Waals surface area contributed by atoms with Crippen molar-refractivity contribution in [1.82, 2.24) is 0 Å². The summed E-state index contributed by atoms with van der Waals surface area (Å²) in [5.74, 6) is -0.149. The number of allylic oxidation sites excluding steroid dienone is 2. The number of hydrogen-bond acceptors (Lipinski definition) is 3. The highest BCUT2D eigenvalue weighted by Gasteiger charge is 2.42. The third-order valence-corrected chi connectivity index (χ3v) is 6.98. The maximum Gasteiger partial charge on any atom is 0.307 e. The van der Waals surface area contributed by atoms with Crippen LogP contribution in [0.3, 0.4) is 0 Å². The van der Waals surface area contributed by atoms with Crippen molar-refractivity contribution >= 4 is 23.1 Å². The average Bonchev–Trinajstić information content (AvgIpc) is 2.93. The fourth-order valence-electron chi connectivity index (χ4n) is 4.69. The second-order valence-electron chi connectivity index (χ2n) is 8.91. The van der Waals surface area contributed by atoms with Gasteiger partial charge in [-0.2, -0.15) is 0 Å². The number of halogens is 1. The summed E-state index contributed by atoms with van der Waals surface area (Å²) in [5.41, 5.74) is 4.44. The Hall–Kier alpha value is -3.82. The topological polar surface area (TPSA) is 46.5 Å². The number of rotatable bonds is 9. The molecule has 0 aliphatic carbocycles. The van der Waals surface area contributed by atoms with Crippen LogP contribution in [0.15, 0.2) is 109 Å². The van der Waals surface area contributed by atoms with Gasteiger partial charge >= 0.3 is 5.97 Å². The zero-order valence-corrected chi connectivity index (χ0v) is 21.9. The van der Waals surface area contributed by atoms with E-state index in [1.807, 2.05) is 85.8 Å². The number of carbonyl (C=O) groups excluding carboxylic acids is 1. The van der Waals surface area contributed by atoms with E-state index in [-0.39, 0.29) is 18.1 Å². The normalized spacial score (nSPS) is 13.1. The molecule has 188 valence electrons. The van der Waals surface area contributed by atoms with Crippen LogP contribution >= 0.6 is 11.6 Å². The predicted molar refractivity (Wildman–Crippen MR) is 151 cm³/mol. The van der Waals surface area contributed by atoms with Crippen molar-refractivity contribution in [3.63, 3.8) is 0 Å². The van der Waals surface area contributed by atoms with E-state index in [4.69, 9.17) is 16.3 Å². The standard InChI is InChI=1S/C33H31ClO3/c1-3-25(4-2)26-17-19-28(20-18-26)33(27-10-6-5-7-11-27,30-12-8-9-13-31(30)34)37-32(36)23-16-24-14-21-29(35)22-15-24/h3,5-15,17-22,35H,4,16,23H2,1-2H3/b25-3+. The van der Waals surface area contributed by atoms with E-state index in [1.165, 1.54) is 5.57 Å². The van der Waals surface area contributed by atoms with E-state index in [9.17, 15) is 9.90 Å². The lowest BCUT2D eigenvalue weighted by atomic mass is 9.79. The first kappa shape index (κ1) is 26.2. The molecule has 4 aromatic rings. The summed E-state index contributed by atoms with van der Waals surface area (Å²) in [4.78, 5) is 13.5. The van der Waals surface area contributed by atoms with Crippen molar-refractivity contribution in [3.05, 3.63) is 142 Å². The van der Waals surface area contributed by atoms with Crippen molar-refractivity contribution in [2.24, 2.45) is 0 Å². The number of carbonyl (C=O) groups is 1. The molecule has 0 aliphatic heterocycles. The molecule has 0 aromatic heterocycles. The van der Waals surface area contributed by atoms with Gasteiger partial charge in [-0.1, -0.05) is 110 Å². The maximum atomic E-state index is 13.5. The number of aryl methyl sites for hydroxylation is 1. The highest BCUT2D eigenvalue weighted by molar-refractivity contribution is 6.31. The molecule has 0 amide bonds. The number of ether oxygens (including phenoxy) is 1. The van der Waals surface area contributed by atoms with Gasteiger partial charge in [0, 0.05) is 28.1 Å². The SMILES string of the molecule is C/C=C(\CC)c1ccc(C(OC(=O)CCc2ccc(O)cc2)(c2ccccc2)c2ccccc2Cl)cc1. The van der Waals surface area contributed by atoms with Crippen LogP contribution in [0.1, 0.15) is 54.5 Å². The number of hydrogen-bond donors (Lipinski definition) is 1. The Morgan fingerprint density at radius 2 is 1.49 bits per heavy atom. The molecule has 0 saturated carbocycles. The molecule has 4 heteroatoms. The van der Waals surface area contributed by atoms with E-state index >= 15 is 0 Å². The van der Waals surface area contributed by atoms with Crippen LogP contribution in [0.25, 0.3) is 5.57 Å². The minimum Gasteiger partial charge on any atom is -0.508 e. The van der Waals surface area contributed by atoms with Gasteiger partial charge in [0.05, 0.1) is 0 Å². The third kappa shape index (κ3) is 5.79. The lowest BCUT2D eigenvalue weighted by Crippen LogP contribution is -2.35.